The first-order valence-corrected chi connectivity index (χ1v) is 6.62. The molecule has 4 N–H and O–H groups in total. The van der Waals surface area contributed by atoms with Crippen molar-refractivity contribution in [1.82, 2.24) is 10.6 Å². The molecule has 0 bridgehead atoms. The molecule has 0 aliphatic rings. The highest BCUT2D eigenvalue weighted by Gasteiger charge is 2.42. The molecule has 0 aliphatic carbocycles. The molecule has 0 aromatic rings. The standard InChI is InChI=1S/C12H20N2O8/c1-3-21-10(19)13-12(9(17)18,7-5-6-8(15)16)14-11(20)22-4-2/h3-7H2,1-2H3,(H,13,19)(H,14,20)(H,15,16)(H,17,18). The Hall–Kier alpha value is -2.52. The number of aliphatic carboxylic acids is 2. The molecule has 0 spiro atoms. The van der Waals surface area contributed by atoms with Crippen LogP contribution in [0.15, 0.2) is 0 Å². The highest BCUT2D eigenvalue weighted by molar-refractivity contribution is 5.88. The highest BCUT2D eigenvalue weighted by atomic mass is 16.6. The summed E-state index contributed by atoms with van der Waals surface area (Å²) in [5, 5.41) is 22.0. The number of carbonyl (C=O) groups excluding carboxylic acids is 2. The van der Waals surface area contributed by atoms with E-state index in [1.165, 1.54) is 13.8 Å². The van der Waals surface area contributed by atoms with Gasteiger partial charge in [0.05, 0.1) is 13.2 Å². The van der Waals surface area contributed by atoms with E-state index in [1.807, 2.05) is 10.6 Å². The van der Waals surface area contributed by atoms with Crippen LogP contribution in [0.2, 0.25) is 0 Å². The van der Waals surface area contributed by atoms with Crippen molar-refractivity contribution in [2.45, 2.75) is 38.8 Å². The van der Waals surface area contributed by atoms with Gasteiger partial charge in [0.25, 0.3) is 0 Å². The number of ether oxygens (including phenoxy) is 2. The number of hydrogen-bond donors (Lipinski definition) is 4. The Bertz CT molecular complexity index is 403. The molecule has 2 amide bonds. The Labute approximate surface area is 126 Å². The maximum Gasteiger partial charge on any atom is 0.409 e. The van der Waals surface area contributed by atoms with Gasteiger partial charge >= 0.3 is 24.1 Å². The van der Waals surface area contributed by atoms with Gasteiger partial charge in [-0.1, -0.05) is 0 Å². The van der Waals surface area contributed by atoms with Crippen LogP contribution < -0.4 is 10.6 Å². The number of rotatable bonds is 9. The van der Waals surface area contributed by atoms with Crippen molar-refractivity contribution in [2.24, 2.45) is 0 Å². The van der Waals surface area contributed by atoms with Gasteiger partial charge in [0.1, 0.15) is 0 Å². The molecule has 126 valence electrons. The Morgan fingerprint density at radius 1 is 0.955 bits per heavy atom. The monoisotopic (exact) mass is 320 g/mol. The van der Waals surface area contributed by atoms with Crippen LogP contribution in [0, 0.1) is 0 Å². The summed E-state index contributed by atoms with van der Waals surface area (Å²) >= 11 is 0. The van der Waals surface area contributed by atoms with Crippen LogP contribution in [0.1, 0.15) is 33.1 Å². The van der Waals surface area contributed by atoms with E-state index < -0.39 is 29.8 Å². The van der Waals surface area contributed by atoms with Crippen LogP contribution in [0.4, 0.5) is 9.59 Å². The zero-order valence-electron chi connectivity index (χ0n) is 12.4. The van der Waals surface area contributed by atoms with Crippen molar-refractivity contribution in [1.29, 1.82) is 0 Å². The second-order valence-corrected chi connectivity index (χ2v) is 4.15. The summed E-state index contributed by atoms with van der Waals surface area (Å²) in [5.74, 6) is -2.70. The first-order chi connectivity index (χ1) is 10.3. The van der Waals surface area contributed by atoms with Crippen molar-refractivity contribution < 1.29 is 38.9 Å². The quantitative estimate of drug-likeness (QED) is 0.449. The minimum atomic E-state index is -2.21. The molecule has 0 aliphatic heterocycles. The number of hydrogen-bond acceptors (Lipinski definition) is 6. The van der Waals surface area contributed by atoms with Gasteiger partial charge in [-0.2, -0.15) is 0 Å². The van der Waals surface area contributed by atoms with Gasteiger partial charge in [-0.05, 0) is 20.3 Å². The molecule has 0 aromatic carbocycles. The van der Waals surface area contributed by atoms with Crippen LogP contribution in [0.3, 0.4) is 0 Å². The number of carboxylic acids is 2. The van der Waals surface area contributed by atoms with Gasteiger partial charge in [-0.3, -0.25) is 15.4 Å². The van der Waals surface area contributed by atoms with Crippen LogP contribution in [-0.4, -0.2) is 53.2 Å². The molecule has 0 saturated carbocycles. The second kappa shape index (κ2) is 9.42. The average Bonchev–Trinajstić information content (AvgIpc) is 2.38. The molecule has 0 radical (unpaired) electrons. The molecule has 0 rings (SSSR count). The van der Waals surface area contributed by atoms with E-state index >= 15 is 0 Å². The lowest BCUT2D eigenvalue weighted by Gasteiger charge is -2.30. The summed E-state index contributed by atoms with van der Waals surface area (Å²) < 4.78 is 9.19. The van der Waals surface area contributed by atoms with Crippen molar-refractivity contribution in [3.05, 3.63) is 0 Å². The molecule has 0 aromatic heterocycles. The average molecular weight is 320 g/mol. The van der Waals surface area contributed by atoms with Crippen molar-refractivity contribution in [3.63, 3.8) is 0 Å². The first-order valence-electron chi connectivity index (χ1n) is 6.62. The van der Waals surface area contributed by atoms with Crippen molar-refractivity contribution in [3.8, 4) is 0 Å². The van der Waals surface area contributed by atoms with Crippen molar-refractivity contribution >= 4 is 24.1 Å². The third kappa shape index (κ3) is 6.77. The van der Waals surface area contributed by atoms with Gasteiger partial charge in [0.2, 0.25) is 5.66 Å². The number of nitrogens with one attached hydrogen (secondary N) is 2. The smallest absolute Gasteiger partial charge is 0.409 e. The summed E-state index contributed by atoms with van der Waals surface area (Å²) in [7, 11) is 0. The number of amides is 2. The van der Waals surface area contributed by atoms with E-state index in [-0.39, 0.29) is 32.5 Å². The summed E-state index contributed by atoms with van der Waals surface area (Å²) in [6.45, 7) is 3.03. The lowest BCUT2D eigenvalue weighted by molar-refractivity contribution is -0.147. The summed E-state index contributed by atoms with van der Waals surface area (Å²) in [4.78, 5) is 45.0. The van der Waals surface area contributed by atoms with Gasteiger partial charge in [0, 0.05) is 12.8 Å². The molecule has 22 heavy (non-hydrogen) atoms. The SMILES string of the molecule is CCOC(=O)NC(CCCC(=O)O)(NC(=O)OCC)C(=O)O. The highest BCUT2D eigenvalue weighted by Crippen LogP contribution is 2.13. The van der Waals surface area contributed by atoms with Crippen LogP contribution in [0.5, 0.6) is 0 Å². The predicted molar refractivity (Wildman–Crippen MR) is 72.2 cm³/mol. The predicted octanol–water partition coefficient (Wildman–Crippen LogP) is 0.514. The Morgan fingerprint density at radius 2 is 1.41 bits per heavy atom. The topological polar surface area (TPSA) is 151 Å². The summed E-state index contributed by atoms with van der Waals surface area (Å²) in [5.41, 5.74) is -2.21. The Morgan fingerprint density at radius 3 is 1.73 bits per heavy atom. The first kappa shape index (κ1) is 19.5. The maximum atomic E-state index is 11.5. The summed E-state index contributed by atoms with van der Waals surface area (Å²) in [6, 6.07) is 0. The van der Waals surface area contributed by atoms with E-state index in [0.29, 0.717) is 0 Å². The normalized spacial score (nSPS) is 10.5. The third-order valence-corrected chi connectivity index (χ3v) is 2.49. The van der Waals surface area contributed by atoms with E-state index in [1.54, 1.807) is 0 Å². The van der Waals surface area contributed by atoms with E-state index in [4.69, 9.17) is 5.11 Å². The molecule has 0 heterocycles. The van der Waals surface area contributed by atoms with Gasteiger partial charge in [0.15, 0.2) is 0 Å². The Kier molecular flexibility index (Phi) is 8.34. The molecule has 0 atom stereocenters. The van der Waals surface area contributed by atoms with Crippen LogP contribution in [-0.2, 0) is 19.1 Å². The van der Waals surface area contributed by atoms with Gasteiger partial charge in [-0.15, -0.1) is 0 Å². The van der Waals surface area contributed by atoms with E-state index in [2.05, 4.69) is 9.47 Å². The lowest BCUT2D eigenvalue weighted by Crippen LogP contribution is -2.65. The van der Waals surface area contributed by atoms with Crippen LogP contribution >= 0.6 is 0 Å². The molecule has 0 unspecified atom stereocenters. The molecule has 0 fully saturated rings. The molecular weight excluding hydrogens is 300 g/mol. The number of alkyl carbamates (subject to hydrolysis) is 2. The molecule has 10 heteroatoms. The number of carboxylic acid groups (broad SMARTS) is 2. The maximum absolute atomic E-state index is 11.5. The van der Waals surface area contributed by atoms with Gasteiger partial charge in [-0.25, -0.2) is 14.4 Å². The molecular formula is C12H20N2O8. The minimum absolute atomic E-state index is 0.00390. The van der Waals surface area contributed by atoms with E-state index in [9.17, 15) is 24.3 Å². The fourth-order valence-corrected chi connectivity index (χ4v) is 1.56. The zero-order valence-corrected chi connectivity index (χ0v) is 12.4. The third-order valence-electron chi connectivity index (χ3n) is 2.49. The largest absolute Gasteiger partial charge is 0.481 e. The number of carbonyl (C=O) groups is 4. The fraction of sp³-hybridized carbons (Fsp3) is 0.667. The van der Waals surface area contributed by atoms with E-state index in [0.717, 1.165) is 0 Å². The zero-order chi connectivity index (χ0) is 17.2. The molecule has 10 nitrogen and oxygen atoms in total. The molecule has 0 saturated heterocycles. The minimum Gasteiger partial charge on any atom is -0.481 e. The lowest BCUT2D eigenvalue weighted by atomic mass is 10.0. The van der Waals surface area contributed by atoms with Crippen molar-refractivity contribution in [2.75, 3.05) is 13.2 Å². The van der Waals surface area contributed by atoms with Crippen LogP contribution in [0.25, 0.3) is 0 Å². The Balaban J connectivity index is 5.15. The fourth-order valence-electron chi connectivity index (χ4n) is 1.56. The second-order valence-electron chi connectivity index (χ2n) is 4.15. The summed E-state index contributed by atoms with van der Waals surface area (Å²) in [6.07, 6.45) is -2.90. The van der Waals surface area contributed by atoms with Gasteiger partial charge < -0.3 is 19.7 Å².